The summed E-state index contributed by atoms with van der Waals surface area (Å²) < 4.78 is 0. The van der Waals surface area contributed by atoms with Gasteiger partial charge in [0.25, 0.3) is 0 Å². The van der Waals surface area contributed by atoms with E-state index in [-0.39, 0.29) is 0 Å². The zero-order valence-corrected chi connectivity index (χ0v) is 11.8. The van der Waals surface area contributed by atoms with E-state index in [1.165, 1.54) is 12.8 Å². The van der Waals surface area contributed by atoms with E-state index in [1.807, 2.05) is 13.8 Å². The highest BCUT2D eigenvalue weighted by atomic mass is 16.3. The molecule has 96 valence electrons. The van der Waals surface area contributed by atoms with Crippen LogP contribution >= 0.6 is 0 Å². The van der Waals surface area contributed by atoms with Crippen molar-refractivity contribution in [3.8, 4) is 0 Å². The largest absolute Gasteiger partial charge is 0.390 e. The Bertz CT molecular complexity index is 186. The van der Waals surface area contributed by atoms with Gasteiger partial charge in [-0.1, -0.05) is 27.2 Å². The zero-order valence-electron chi connectivity index (χ0n) is 11.8. The van der Waals surface area contributed by atoms with Gasteiger partial charge >= 0.3 is 0 Å². The molecule has 0 aliphatic heterocycles. The Morgan fingerprint density at radius 2 is 1.50 bits per heavy atom. The van der Waals surface area contributed by atoms with Gasteiger partial charge in [0.2, 0.25) is 0 Å². The van der Waals surface area contributed by atoms with E-state index in [2.05, 4.69) is 20.8 Å². The van der Waals surface area contributed by atoms with Crippen LogP contribution in [0.3, 0.4) is 0 Å². The van der Waals surface area contributed by atoms with E-state index in [0.717, 1.165) is 36.5 Å². The van der Waals surface area contributed by atoms with Gasteiger partial charge in [0.15, 0.2) is 0 Å². The third-order valence-corrected chi connectivity index (χ3v) is 4.69. The summed E-state index contributed by atoms with van der Waals surface area (Å²) in [6.45, 7) is 10.6. The second-order valence-electron chi connectivity index (χ2n) is 6.61. The van der Waals surface area contributed by atoms with Crippen LogP contribution in [0.1, 0.15) is 66.7 Å². The van der Waals surface area contributed by atoms with Crippen molar-refractivity contribution in [3.05, 3.63) is 0 Å². The molecular formula is C15H30O. The van der Waals surface area contributed by atoms with Gasteiger partial charge < -0.3 is 5.11 Å². The molecule has 0 radical (unpaired) electrons. The highest BCUT2D eigenvalue weighted by molar-refractivity contribution is 4.92. The predicted molar refractivity (Wildman–Crippen MR) is 70.4 cm³/mol. The first-order valence-electron chi connectivity index (χ1n) is 7.07. The molecule has 0 spiro atoms. The van der Waals surface area contributed by atoms with Crippen LogP contribution in [-0.2, 0) is 0 Å². The Hall–Kier alpha value is -0.0400. The first kappa shape index (κ1) is 14.0. The molecule has 0 heterocycles. The summed E-state index contributed by atoms with van der Waals surface area (Å²) >= 11 is 0. The second-order valence-corrected chi connectivity index (χ2v) is 6.61. The van der Waals surface area contributed by atoms with Crippen LogP contribution in [0.25, 0.3) is 0 Å². The topological polar surface area (TPSA) is 20.2 Å². The molecule has 2 fully saturated rings. The van der Waals surface area contributed by atoms with Gasteiger partial charge in [-0.25, -0.2) is 0 Å². The fraction of sp³-hybridized carbons (Fsp3) is 1.00. The highest BCUT2D eigenvalue weighted by Gasteiger charge is 2.42. The van der Waals surface area contributed by atoms with Gasteiger partial charge in [0.1, 0.15) is 0 Å². The maximum atomic E-state index is 9.02. The number of hydrogen-bond acceptors (Lipinski definition) is 1. The van der Waals surface area contributed by atoms with Crippen LogP contribution in [0.15, 0.2) is 0 Å². The molecule has 2 saturated carbocycles. The van der Waals surface area contributed by atoms with Crippen LogP contribution in [0, 0.1) is 23.7 Å². The normalized spacial score (nSPS) is 37.1. The molecule has 0 aromatic rings. The molecule has 0 aromatic carbocycles. The van der Waals surface area contributed by atoms with Crippen molar-refractivity contribution in [2.24, 2.45) is 23.7 Å². The molecule has 1 nitrogen and oxygen atoms in total. The van der Waals surface area contributed by atoms with Gasteiger partial charge in [-0.3, -0.25) is 0 Å². The number of rotatable bonds is 2. The zero-order chi connectivity index (χ0) is 12.3. The molecule has 1 heteroatoms. The van der Waals surface area contributed by atoms with E-state index in [1.54, 1.807) is 6.42 Å². The third-order valence-electron chi connectivity index (χ3n) is 4.69. The summed E-state index contributed by atoms with van der Waals surface area (Å²) in [6.07, 6.45) is 6.59. The van der Waals surface area contributed by atoms with Crippen molar-refractivity contribution in [2.75, 3.05) is 0 Å². The summed E-state index contributed by atoms with van der Waals surface area (Å²) in [4.78, 5) is 0. The lowest BCUT2D eigenvalue weighted by molar-refractivity contribution is 0.0703. The van der Waals surface area contributed by atoms with E-state index >= 15 is 0 Å². The number of aliphatic hydroxyl groups is 1. The van der Waals surface area contributed by atoms with Gasteiger partial charge in [0.05, 0.1) is 5.60 Å². The average molecular weight is 226 g/mol. The Morgan fingerprint density at radius 1 is 1.06 bits per heavy atom. The van der Waals surface area contributed by atoms with E-state index in [4.69, 9.17) is 5.11 Å². The van der Waals surface area contributed by atoms with Crippen LogP contribution in [-0.4, -0.2) is 10.7 Å². The lowest BCUT2D eigenvalue weighted by atomic mass is 9.82. The minimum absolute atomic E-state index is 0.450. The number of hydrogen-bond donors (Lipinski definition) is 1. The minimum atomic E-state index is -0.450. The summed E-state index contributed by atoms with van der Waals surface area (Å²) in [5, 5.41) is 9.02. The molecule has 2 aliphatic carbocycles. The van der Waals surface area contributed by atoms with E-state index in [0.29, 0.717) is 0 Å². The molecule has 2 bridgehead atoms. The maximum Gasteiger partial charge on any atom is 0.0591 e. The van der Waals surface area contributed by atoms with Gasteiger partial charge in [-0.05, 0) is 63.2 Å². The summed E-state index contributed by atoms with van der Waals surface area (Å²) in [5.41, 5.74) is -0.450. The molecule has 2 aliphatic rings. The molecule has 16 heavy (non-hydrogen) atoms. The van der Waals surface area contributed by atoms with Crippen molar-refractivity contribution in [2.45, 2.75) is 72.3 Å². The minimum Gasteiger partial charge on any atom is -0.390 e. The number of fused-ring (bicyclic) bond motifs is 2. The standard InChI is InChI=1S/C9H16.C6H14O/c1-6-7(2)9-4-3-8(6)5-9;1-4-5-6(2,3)7/h6-9H,3-5H2,1-2H3;7H,4-5H2,1-3H3. The fourth-order valence-corrected chi connectivity index (χ4v) is 3.48. The summed E-state index contributed by atoms with van der Waals surface area (Å²) in [6, 6.07) is 0. The van der Waals surface area contributed by atoms with Crippen LogP contribution in [0.5, 0.6) is 0 Å². The van der Waals surface area contributed by atoms with Gasteiger partial charge in [-0.15, -0.1) is 0 Å². The van der Waals surface area contributed by atoms with Crippen molar-refractivity contribution >= 4 is 0 Å². The molecule has 2 rings (SSSR count). The molecule has 0 saturated heterocycles. The summed E-state index contributed by atoms with van der Waals surface area (Å²) in [5.74, 6) is 4.32. The van der Waals surface area contributed by atoms with Crippen molar-refractivity contribution < 1.29 is 5.11 Å². The van der Waals surface area contributed by atoms with Crippen molar-refractivity contribution in [1.82, 2.24) is 0 Å². The SMILES string of the molecule is CC1C2CCC(C2)C1C.CCCC(C)(C)O. The lowest BCUT2D eigenvalue weighted by Crippen LogP contribution is -2.16. The van der Waals surface area contributed by atoms with Crippen molar-refractivity contribution in [3.63, 3.8) is 0 Å². The lowest BCUT2D eigenvalue weighted by Gasteiger charge is -2.24. The van der Waals surface area contributed by atoms with E-state index < -0.39 is 5.60 Å². The van der Waals surface area contributed by atoms with Crippen LogP contribution < -0.4 is 0 Å². The smallest absolute Gasteiger partial charge is 0.0591 e. The Kier molecular flexibility index (Phi) is 4.85. The first-order chi connectivity index (χ1) is 7.35. The molecule has 4 unspecified atom stereocenters. The van der Waals surface area contributed by atoms with Crippen molar-refractivity contribution in [1.29, 1.82) is 0 Å². The molecule has 1 N–H and O–H groups in total. The Balaban J connectivity index is 0.000000168. The van der Waals surface area contributed by atoms with Gasteiger partial charge in [-0.2, -0.15) is 0 Å². The highest BCUT2D eigenvalue weighted by Crippen LogP contribution is 2.51. The predicted octanol–water partition coefficient (Wildman–Crippen LogP) is 4.25. The molecular weight excluding hydrogens is 196 g/mol. The first-order valence-corrected chi connectivity index (χ1v) is 7.07. The maximum absolute atomic E-state index is 9.02. The molecule has 0 amide bonds. The third kappa shape index (κ3) is 3.76. The van der Waals surface area contributed by atoms with E-state index in [9.17, 15) is 0 Å². The molecule has 0 aromatic heterocycles. The van der Waals surface area contributed by atoms with Crippen LogP contribution in [0.2, 0.25) is 0 Å². The quantitative estimate of drug-likeness (QED) is 0.746. The fourth-order valence-electron chi connectivity index (χ4n) is 3.48. The second kappa shape index (κ2) is 5.53. The Morgan fingerprint density at radius 3 is 1.62 bits per heavy atom. The monoisotopic (exact) mass is 226 g/mol. The van der Waals surface area contributed by atoms with Crippen LogP contribution in [0.4, 0.5) is 0 Å². The molecule has 4 atom stereocenters. The average Bonchev–Trinajstić information content (AvgIpc) is 2.70. The summed E-state index contributed by atoms with van der Waals surface area (Å²) in [7, 11) is 0. The Labute approximate surface area is 102 Å². The van der Waals surface area contributed by atoms with Gasteiger partial charge in [0, 0.05) is 0 Å².